The van der Waals surface area contributed by atoms with Gasteiger partial charge in [-0.1, -0.05) is 25.7 Å². The molecule has 2 heterocycles. The first-order valence-corrected chi connectivity index (χ1v) is 9.09. The fourth-order valence-corrected chi connectivity index (χ4v) is 4.65. The fraction of sp³-hybridized carbons (Fsp3) is 0.706. The SMILES string of the molecule is Cc1ccc(C2NC(C)C(=O)N2CCCC2CCCC2)s1. The third kappa shape index (κ3) is 3.32. The van der Waals surface area contributed by atoms with Crippen molar-refractivity contribution in [1.29, 1.82) is 0 Å². The molecule has 2 atom stereocenters. The second-order valence-electron chi connectivity index (χ2n) is 6.56. The molecule has 1 aromatic heterocycles. The van der Waals surface area contributed by atoms with E-state index in [0.717, 1.165) is 18.9 Å². The number of nitrogens with zero attached hydrogens (tertiary/aromatic N) is 1. The molecule has 1 saturated heterocycles. The highest BCUT2D eigenvalue weighted by atomic mass is 32.1. The maximum Gasteiger partial charge on any atom is 0.241 e. The third-order valence-corrected chi connectivity index (χ3v) is 5.94. The molecule has 0 radical (unpaired) electrons. The van der Waals surface area contributed by atoms with Gasteiger partial charge in [-0.25, -0.2) is 0 Å². The summed E-state index contributed by atoms with van der Waals surface area (Å²) in [6.45, 7) is 5.00. The number of carbonyl (C=O) groups is 1. The van der Waals surface area contributed by atoms with Crippen LogP contribution in [0.3, 0.4) is 0 Å². The van der Waals surface area contributed by atoms with Crippen LogP contribution in [-0.2, 0) is 4.79 Å². The lowest BCUT2D eigenvalue weighted by molar-refractivity contribution is -0.129. The Morgan fingerprint density at radius 2 is 2.10 bits per heavy atom. The molecule has 3 nitrogen and oxygen atoms in total. The zero-order valence-electron chi connectivity index (χ0n) is 13.1. The van der Waals surface area contributed by atoms with Crippen molar-refractivity contribution in [3.63, 3.8) is 0 Å². The van der Waals surface area contributed by atoms with Gasteiger partial charge in [-0.3, -0.25) is 10.1 Å². The average Bonchev–Trinajstić information content (AvgIpc) is 3.16. The van der Waals surface area contributed by atoms with Gasteiger partial charge in [0.15, 0.2) is 0 Å². The number of rotatable bonds is 5. The monoisotopic (exact) mass is 306 g/mol. The maximum absolute atomic E-state index is 12.4. The molecule has 0 aromatic carbocycles. The summed E-state index contributed by atoms with van der Waals surface area (Å²) in [7, 11) is 0. The quantitative estimate of drug-likeness (QED) is 0.896. The predicted molar refractivity (Wildman–Crippen MR) is 87.3 cm³/mol. The number of amides is 1. The van der Waals surface area contributed by atoms with Gasteiger partial charge in [0.05, 0.1) is 6.04 Å². The lowest BCUT2D eigenvalue weighted by atomic mass is 10.0. The summed E-state index contributed by atoms with van der Waals surface area (Å²) in [4.78, 5) is 17.0. The Hall–Kier alpha value is -0.870. The average molecular weight is 306 g/mol. The van der Waals surface area contributed by atoms with E-state index in [1.54, 1.807) is 11.3 Å². The predicted octanol–water partition coefficient (Wildman–Crippen LogP) is 3.85. The summed E-state index contributed by atoms with van der Waals surface area (Å²) in [5.74, 6) is 1.17. The van der Waals surface area contributed by atoms with E-state index in [9.17, 15) is 4.79 Å². The minimum absolute atomic E-state index is 0.0520. The van der Waals surface area contributed by atoms with Gasteiger partial charge < -0.3 is 4.90 Å². The standard InChI is InChI=1S/C17H26N2OS/c1-12-9-10-15(21-12)16-18-13(2)17(20)19(16)11-5-8-14-6-3-4-7-14/h9-10,13-14,16,18H,3-8,11H2,1-2H3. The van der Waals surface area contributed by atoms with Crippen molar-refractivity contribution in [2.75, 3.05) is 6.54 Å². The molecule has 2 aliphatic rings. The minimum atomic E-state index is -0.0520. The molecular formula is C17H26N2OS. The van der Waals surface area contributed by atoms with Gasteiger partial charge in [-0.2, -0.15) is 0 Å². The molecule has 0 bridgehead atoms. The Balaban J connectivity index is 1.61. The van der Waals surface area contributed by atoms with Crippen molar-refractivity contribution in [3.05, 3.63) is 21.9 Å². The molecule has 1 aromatic rings. The number of nitrogens with one attached hydrogen (secondary N) is 1. The highest BCUT2D eigenvalue weighted by molar-refractivity contribution is 7.12. The van der Waals surface area contributed by atoms with Crippen LogP contribution >= 0.6 is 11.3 Å². The smallest absolute Gasteiger partial charge is 0.241 e. The van der Waals surface area contributed by atoms with Gasteiger partial charge in [0, 0.05) is 16.3 Å². The molecule has 3 rings (SSSR count). The van der Waals surface area contributed by atoms with E-state index in [2.05, 4.69) is 29.3 Å². The molecule has 2 unspecified atom stereocenters. The second-order valence-corrected chi connectivity index (χ2v) is 7.88. The van der Waals surface area contributed by atoms with E-state index >= 15 is 0 Å². The van der Waals surface area contributed by atoms with Crippen LogP contribution in [0.5, 0.6) is 0 Å². The molecular weight excluding hydrogens is 280 g/mol. The van der Waals surface area contributed by atoms with E-state index in [-0.39, 0.29) is 18.1 Å². The first-order valence-electron chi connectivity index (χ1n) is 8.28. The molecule has 1 aliphatic carbocycles. The zero-order chi connectivity index (χ0) is 14.8. The summed E-state index contributed by atoms with van der Waals surface area (Å²) >= 11 is 1.80. The highest BCUT2D eigenvalue weighted by Gasteiger charge is 2.37. The summed E-state index contributed by atoms with van der Waals surface area (Å²) in [5, 5.41) is 3.45. The number of hydrogen-bond acceptors (Lipinski definition) is 3. The summed E-state index contributed by atoms with van der Waals surface area (Å²) in [6.07, 6.45) is 8.13. The molecule has 1 amide bonds. The number of carbonyl (C=O) groups excluding carboxylic acids is 1. The van der Waals surface area contributed by atoms with Gasteiger partial charge in [0.2, 0.25) is 5.91 Å². The van der Waals surface area contributed by atoms with Crippen LogP contribution in [0.2, 0.25) is 0 Å². The van der Waals surface area contributed by atoms with Crippen molar-refractivity contribution in [3.8, 4) is 0 Å². The van der Waals surface area contributed by atoms with Crippen LogP contribution in [0.15, 0.2) is 12.1 Å². The minimum Gasteiger partial charge on any atom is -0.321 e. The van der Waals surface area contributed by atoms with Gasteiger partial charge in [0.1, 0.15) is 6.17 Å². The molecule has 116 valence electrons. The fourth-order valence-electron chi connectivity index (χ4n) is 3.70. The summed E-state index contributed by atoms with van der Waals surface area (Å²) in [5.41, 5.74) is 0. The molecule has 1 N–H and O–H groups in total. The Labute approximate surface area is 131 Å². The van der Waals surface area contributed by atoms with Crippen molar-refractivity contribution in [1.82, 2.24) is 10.2 Å². The van der Waals surface area contributed by atoms with E-state index < -0.39 is 0 Å². The number of thiophene rings is 1. The molecule has 2 fully saturated rings. The topological polar surface area (TPSA) is 32.3 Å². The van der Waals surface area contributed by atoms with E-state index in [1.165, 1.54) is 41.9 Å². The number of aryl methyl sites for hydroxylation is 1. The Bertz CT molecular complexity index is 493. The van der Waals surface area contributed by atoms with Gasteiger partial charge in [-0.05, 0) is 44.7 Å². The zero-order valence-corrected chi connectivity index (χ0v) is 13.9. The molecule has 1 saturated carbocycles. The Morgan fingerprint density at radius 3 is 2.76 bits per heavy atom. The van der Waals surface area contributed by atoms with Gasteiger partial charge in [-0.15, -0.1) is 11.3 Å². The Morgan fingerprint density at radius 1 is 1.33 bits per heavy atom. The molecule has 21 heavy (non-hydrogen) atoms. The molecule has 1 aliphatic heterocycles. The van der Waals surface area contributed by atoms with Gasteiger partial charge >= 0.3 is 0 Å². The van der Waals surface area contributed by atoms with Crippen molar-refractivity contribution in [2.45, 2.75) is 64.6 Å². The van der Waals surface area contributed by atoms with Crippen molar-refractivity contribution >= 4 is 17.2 Å². The lowest BCUT2D eigenvalue weighted by Gasteiger charge is -2.24. The van der Waals surface area contributed by atoms with Gasteiger partial charge in [0.25, 0.3) is 0 Å². The Kier molecular flexibility index (Phi) is 4.65. The van der Waals surface area contributed by atoms with Crippen LogP contribution in [0, 0.1) is 12.8 Å². The van der Waals surface area contributed by atoms with Crippen LogP contribution in [0.1, 0.15) is 61.4 Å². The lowest BCUT2D eigenvalue weighted by Crippen LogP contribution is -2.31. The summed E-state index contributed by atoms with van der Waals surface area (Å²) < 4.78 is 0. The second kappa shape index (κ2) is 6.49. The largest absolute Gasteiger partial charge is 0.321 e. The van der Waals surface area contributed by atoms with E-state index in [1.807, 2.05) is 6.92 Å². The maximum atomic E-state index is 12.4. The summed E-state index contributed by atoms with van der Waals surface area (Å²) in [6, 6.07) is 4.25. The van der Waals surface area contributed by atoms with Crippen molar-refractivity contribution in [2.24, 2.45) is 5.92 Å². The molecule has 4 heteroatoms. The van der Waals surface area contributed by atoms with Crippen LogP contribution < -0.4 is 5.32 Å². The molecule has 0 spiro atoms. The van der Waals surface area contributed by atoms with Crippen LogP contribution in [-0.4, -0.2) is 23.4 Å². The first-order chi connectivity index (χ1) is 10.1. The third-order valence-electron chi connectivity index (χ3n) is 4.89. The van der Waals surface area contributed by atoms with E-state index in [0.29, 0.717) is 0 Å². The van der Waals surface area contributed by atoms with Crippen LogP contribution in [0.25, 0.3) is 0 Å². The number of hydrogen-bond donors (Lipinski definition) is 1. The van der Waals surface area contributed by atoms with Crippen LogP contribution in [0.4, 0.5) is 0 Å². The van der Waals surface area contributed by atoms with Crippen molar-refractivity contribution < 1.29 is 4.79 Å². The first kappa shape index (κ1) is 15.0. The highest BCUT2D eigenvalue weighted by Crippen LogP contribution is 2.32. The van der Waals surface area contributed by atoms with E-state index in [4.69, 9.17) is 0 Å². The normalized spacial score (nSPS) is 27.0.